The van der Waals surface area contributed by atoms with Gasteiger partial charge in [0, 0.05) is 0 Å². The lowest BCUT2D eigenvalue weighted by Crippen LogP contribution is -2.39. The summed E-state index contributed by atoms with van der Waals surface area (Å²) in [6, 6.07) is 13.9. The van der Waals surface area contributed by atoms with Gasteiger partial charge in [-0.25, -0.2) is 8.42 Å². The summed E-state index contributed by atoms with van der Waals surface area (Å²) in [5, 5.41) is 8.74. The number of benzene rings is 2. The summed E-state index contributed by atoms with van der Waals surface area (Å²) in [5.41, 5.74) is 2.16. The summed E-state index contributed by atoms with van der Waals surface area (Å²) in [7, 11) is -3.80. The first-order chi connectivity index (χ1) is 11.8. The van der Waals surface area contributed by atoms with Gasteiger partial charge in [-0.05, 0) is 43.7 Å². The maximum Gasteiger partial charge on any atom is 0.324 e. The average molecular weight is 358 g/mol. The molecule has 0 fully saturated rings. The van der Waals surface area contributed by atoms with E-state index in [9.17, 15) is 13.2 Å². The zero-order valence-corrected chi connectivity index (χ0v) is 14.7. The highest BCUT2D eigenvalue weighted by Crippen LogP contribution is 2.11. The van der Waals surface area contributed by atoms with Crippen LogP contribution in [-0.4, -0.2) is 20.4 Å². The van der Waals surface area contributed by atoms with Crippen molar-refractivity contribution in [1.29, 1.82) is 5.26 Å². The third-order valence-corrected chi connectivity index (χ3v) is 5.04. The van der Waals surface area contributed by atoms with E-state index in [1.165, 1.54) is 19.1 Å². The van der Waals surface area contributed by atoms with Gasteiger partial charge >= 0.3 is 5.97 Å². The number of carbonyl (C=O) groups excluding carboxylic acids is 1. The third kappa shape index (κ3) is 5.14. The molecule has 0 aliphatic rings. The summed E-state index contributed by atoms with van der Waals surface area (Å²) in [6.45, 7) is 3.28. The highest BCUT2D eigenvalue weighted by molar-refractivity contribution is 7.89. The van der Waals surface area contributed by atoms with E-state index in [2.05, 4.69) is 4.72 Å². The molecule has 0 radical (unpaired) electrons. The van der Waals surface area contributed by atoms with Crippen molar-refractivity contribution >= 4 is 16.0 Å². The minimum Gasteiger partial charge on any atom is -0.460 e. The van der Waals surface area contributed by atoms with Gasteiger partial charge in [0.15, 0.2) is 0 Å². The molecule has 0 spiro atoms. The van der Waals surface area contributed by atoms with Gasteiger partial charge in [-0.1, -0.05) is 29.8 Å². The number of hydrogen-bond acceptors (Lipinski definition) is 5. The van der Waals surface area contributed by atoms with Crippen molar-refractivity contribution in [3.8, 4) is 6.07 Å². The highest BCUT2D eigenvalue weighted by Gasteiger charge is 2.23. The van der Waals surface area contributed by atoms with E-state index < -0.39 is 22.0 Å². The topological polar surface area (TPSA) is 96.3 Å². The maximum absolute atomic E-state index is 12.3. The SMILES string of the molecule is Cc1ccc(S(=O)(=O)N[C@@H](C)C(=O)OCc2ccc(C#N)cc2)cc1. The van der Waals surface area contributed by atoms with Crippen molar-refractivity contribution in [2.75, 3.05) is 0 Å². The quantitative estimate of drug-likeness (QED) is 0.799. The molecule has 7 heteroatoms. The van der Waals surface area contributed by atoms with Crippen molar-refractivity contribution in [3.05, 3.63) is 65.2 Å². The van der Waals surface area contributed by atoms with Gasteiger partial charge in [0.1, 0.15) is 12.6 Å². The molecular formula is C18H18N2O4S. The molecule has 0 saturated carbocycles. The Hall–Kier alpha value is -2.69. The highest BCUT2D eigenvalue weighted by atomic mass is 32.2. The second-order valence-corrected chi connectivity index (χ2v) is 7.29. The minimum atomic E-state index is -3.80. The Bertz CT molecular complexity index is 882. The predicted molar refractivity (Wildman–Crippen MR) is 91.9 cm³/mol. The molecule has 130 valence electrons. The second kappa shape index (κ2) is 7.92. The van der Waals surface area contributed by atoms with E-state index >= 15 is 0 Å². The van der Waals surface area contributed by atoms with Crippen LogP contribution in [0.3, 0.4) is 0 Å². The summed E-state index contributed by atoms with van der Waals surface area (Å²) in [4.78, 5) is 12.1. The Morgan fingerprint density at radius 3 is 2.32 bits per heavy atom. The fourth-order valence-corrected chi connectivity index (χ4v) is 3.21. The van der Waals surface area contributed by atoms with Gasteiger partial charge in [-0.2, -0.15) is 9.98 Å². The molecule has 25 heavy (non-hydrogen) atoms. The normalized spacial score (nSPS) is 12.2. The number of rotatable bonds is 6. The number of esters is 1. The van der Waals surface area contributed by atoms with Crippen molar-refractivity contribution in [3.63, 3.8) is 0 Å². The van der Waals surface area contributed by atoms with Crippen LogP contribution in [0.4, 0.5) is 0 Å². The van der Waals surface area contributed by atoms with Crippen LogP contribution in [0, 0.1) is 18.3 Å². The van der Waals surface area contributed by atoms with E-state index in [0.29, 0.717) is 11.1 Å². The predicted octanol–water partition coefficient (Wildman–Crippen LogP) is 2.28. The number of nitriles is 1. The first-order valence-electron chi connectivity index (χ1n) is 7.56. The second-order valence-electron chi connectivity index (χ2n) is 5.57. The fraction of sp³-hybridized carbons (Fsp3) is 0.222. The van der Waals surface area contributed by atoms with Gasteiger partial charge in [0.2, 0.25) is 10.0 Å². The molecule has 1 N–H and O–H groups in total. The molecule has 0 aliphatic heterocycles. The van der Waals surface area contributed by atoms with Crippen LogP contribution < -0.4 is 4.72 Å². The first kappa shape index (κ1) is 18.6. The Kier molecular flexibility index (Phi) is 5.91. The van der Waals surface area contributed by atoms with E-state index in [1.807, 2.05) is 13.0 Å². The summed E-state index contributed by atoms with van der Waals surface area (Å²) >= 11 is 0. The molecule has 0 aliphatic carbocycles. The summed E-state index contributed by atoms with van der Waals surface area (Å²) in [6.07, 6.45) is 0. The number of hydrogen-bond donors (Lipinski definition) is 1. The van der Waals surface area contributed by atoms with Crippen LogP contribution >= 0.6 is 0 Å². The van der Waals surface area contributed by atoms with Crippen molar-refractivity contribution in [2.45, 2.75) is 31.4 Å². The Balaban J connectivity index is 1.95. The van der Waals surface area contributed by atoms with Crippen LogP contribution in [0.5, 0.6) is 0 Å². The van der Waals surface area contributed by atoms with Crippen molar-refractivity contribution in [2.24, 2.45) is 0 Å². The number of nitrogens with one attached hydrogen (secondary N) is 1. The third-order valence-electron chi connectivity index (χ3n) is 3.48. The number of nitrogens with zero attached hydrogens (tertiary/aromatic N) is 1. The molecule has 0 aromatic heterocycles. The number of aryl methyl sites for hydroxylation is 1. The van der Waals surface area contributed by atoms with Crippen LogP contribution in [0.1, 0.15) is 23.6 Å². The van der Waals surface area contributed by atoms with E-state index in [1.54, 1.807) is 36.4 Å². The molecule has 2 aromatic rings. The van der Waals surface area contributed by atoms with Gasteiger partial charge in [-0.3, -0.25) is 4.79 Å². The number of carbonyl (C=O) groups is 1. The fourth-order valence-electron chi connectivity index (χ4n) is 2.02. The molecule has 1 atom stereocenters. The van der Waals surface area contributed by atoms with Gasteiger partial charge in [0.05, 0.1) is 16.5 Å². The average Bonchev–Trinajstić information content (AvgIpc) is 2.60. The van der Waals surface area contributed by atoms with Gasteiger partial charge in [0.25, 0.3) is 0 Å². The molecule has 6 nitrogen and oxygen atoms in total. The monoisotopic (exact) mass is 358 g/mol. The van der Waals surface area contributed by atoms with E-state index in [-0.39, 0.29) is 11.5 Å². The first-order valence-corrected chi connectivity index (χ1v) is 9.05. The molecule has 0 heterocycles. The molecule has 2 aromatic carbocycles. The lowest BCUT2D eigenvalue weighted by Gasteiger charge is -2.14. The van der Waals surface area contributed by atoms with Crippen molar-refractivity contribution in [1.82, 2.24) is 4.72 Å². The Labute approximate surface area is 147 Å². The maximum atomic E-state index is 12.3. The molecule has 2 rings (SSSR count). The number of ether oxygens (including phenoxy) is 1. The lowest BCUT2D eigenvalue weighted by atomic mass is 10.2. The Morgan fingerprint density at radius 1 is 1.16 bits per heavy atom. The van der Waals surface area contributed by atoms with Crippen LogP contribution in [0.2, 0.25) is 0 Å². The molecular weight excluding hydrogens is 340 g/mol. The van der Waals surface area contributed by atoms with E-state index in [4.69, 9.17) is 10.00 Å². The largest absolute Gasteiger partial charge is 0.460 e. The summed E-state index contributed by atoms with van der Waals surface area (Å²) in [5.74, 6) is -0.681. The van der Waals surface area contributed by atoms with Gasteiger partial charge < -0.3 is 4.74 Å². The van der Waals surface area contributed by atoms with Gasteiger partial charge in [-0.15, -0.1) is 0 Å². The smallest absolute Gasteiger partial charge is 0.324 e. The molecule has 0 bridgehead atoms. The standard InChI is InChI=1S/C18H18N2O4S/c1-13-3-9-17(10-4-13)25(22,23)20-14(2)18(21)24-12-16-7-5-15(11-19)6-8-16/h3-10,14,20H,12H2,1-2H3/t14-/m0/s1. The zero-order chi connectivity index (χ0) is 18.4. The minimum absolute atomic E-state index is 0.00113. The van der Waals surface area contributed by atoms with Crippen LogP contribution in [-0.2, 0) is 26.2 Å². The van der Waals surface area contributed by atoms with Crippen LogP contribution in [0.15, 0.2) is 53.4 Å². The van der Waals surface area contributed by atoms with E-state index in [0.717, 1.165) is 5.56 Å². The van der Waals surface area contributed by atoms with Crippen molar-refractivity contribution < 1.29 is 17.9 Å². The lowest BCUT2D eigenvalue weighted by molar-refractivity contribution is -0.146. The molecule has 0 unspecified atom stereocenters. The van der Waals surface area contributed by atoms with Crippen LogP contribution in [0.25, 0.3) is 0 Å². The number of sulfonamides is 1. The molecule has 0 saturated heterocycles. The molecule has 0 amide bonds. The Morgan fingerprint density at radius 2 is 1.76 bits per heavy atom. The zero-order valence-electron chi connectivity index (χ0n) is 13.9. The summed E-state index contributed by atoms with van der Waals surface area (Å²) < 4.78 is 31.9.